The molecule has 3 aromatic carbocycles. The zero-order valence-electron chi connectivity index (χ0n) is 13.8. The van der Waals surface area contributed by atoms with E-state index in [1.807, 2.05) is 24.3 Å². The standard InChI is InChI=1S/C23H19N/c1-2-3-16-6-10-22-20(12-16)14-21-13-19(9-11-23(21)22)18-7-4-17(15-24)5-8-18/h4-13H,2-3,14H2,1H3. The van der Waals surface area contributed by atoms with Gasteiger partial charge in [-0.1, -0.05) is 61.9 Å². The molecule has 0 bridgehead atoms. The summed E-state index contributed by atoms with van der Waals surface area (Å²) >= 11 is 0. The smallest absolute Gasteiger partial charge is 0.0991 e. The maximum atomic E-state index is 8.94. The normalized spacial score (nSPS) is 11.7. The van der Waals surface area contributed by atoms with E-state index in [0.717, 1.165) is 12.8 Å². The first kappa shape index (κ1) is 14.7. The highest BCUT2D eigenvalue weighted by Gasteiger charge is 2.19. The molecule has 0 saturated carbocycles. The summed E-state index contributed by atoms with van der Waals surface area (Å²) in [6.45, 7) is 2.23. The van der Waals surface area contributed by atoms with Crippen LogP contribution in [0, 0.1) is 11.3 Å². The van der Waals surface area contributed by atoms with Crippen molar-refractivity contribution < 1.29 is 0 Å². The lowest BCUT2D eigenvalue weighted by Gasteiger charge is -2.06. The second-order valence-corrected chi connectivity index (χ2v) is 6.48. The molecule has 24 heavy (non-hydrogen) atoms. The molecule has 0 N–H and O–H groups in total. The molecule has 0 amide bonds. The van der Waals surface area contributed by atoms with Crippen LogP contribution in [0.2, 0.25) is 0 Å². The largest absolute Gasteiger partial charge is 0.192 e. The number of benzene rings is 3. The van der Waals surface area contributed by atoms with E-state index in [4.69, 9.17) is 5.26 Å². The van der Waals surface area contributed by atoms with Crippen molar-refractivity contribution in [2.24, 2.45) is 0 Å². The molecule has 1 heteroatoms. The Kier molecular flexibility index (Phi) is 3.67. The summed E-state index contributed by atoms with van der Waals surface area (Å²) in [7, 11) is 0. The van der Waals surface area contributed by atoms with E-state index in [1.165, 1.54) is 45.4 Å². The lowest BCUT2D eigenvalue weighted by molar-refractivity contribution is 0.920. The topological polar surface area (TPSA) is 23.8 Å². The third-order valence-corrected chi connectivity index (χ3v) is 4.83. The molecule has 1 aliphatic rings. The number of nitriles is 1. The maximum absolute atomic E-state index is 8.94. The van der Waals surface area contributed by atoms with E-state index in [2.05, 4.69) is 49.4 Å². The van der Waals surface area contributed by atoms with Crippen molar-refractivity contribution in [2.75, 3.05) is 0 Å². The van der Waals surface area contributed by atoms with Gasteiger partial charge in [-0.05, 0) is 63.9 Å². The van der Waals surface area contributed by atoms with Gasteiger partial charge >= 0.3 is 0 Å². The van der Waals surface area contributed by atoms with Crippen LogP contribution in [0.4, 0.5) is 0 Å². The monoisotopic (exact) mass is 309 g/mol. The van der Waals surface area contributed by atoms with Crippen molar-refractivity contribution >= 4 is 0 Å². The number of rotatable bonds is 3. The van der Waals surface area contributed by atoms with E-state index in [-0.39, 0.29) is 0 Å². The average molecular weight is 309 g/mol. The fourth-order valence-electron chi connectivity index (χ4n) is 3.62. The van der Waals surface area contributed by atoms with Crippen molar-refractivity contribution in [1.29, 1.82) is 5.26 Å². The van der Waals surface area contributed by atoms with Gasteiger partial charge in [0.05, 0.1) is 11.6 Å². The third kappa shape index (κ3) is 2.51. The lowest BCUT2D eigenvalue weighted by Crippen LogP contribution is -1.86. The van der Waals surface area contributed by atoms with Crippen LogP contribution in [0.25, 0.3) is 22.3 Å². The van der Waals surface area contributed by atoms with Crippen LogP contribution in [0.5, 0.6) is 0 Å². The molecule has 0 unspecified atom stereocenters. The van der Waals surface area contributed by atoms with Crippen LogP contribution in [0.15, 0.2) is 60.7 Å². The molecule has 0 saturated heterocycles. The minimum Gasteiger partial charge on any atom is -0.192 e. The molecule has 0 aliphatic heterocycles. The molecule has 0 aromatic heterocycles. The predicted molar refractivity (Wildman–Crippen MR) is 98.8 cm³/mol. The zero-order valence-corrected chi connectivity index (χ0v) is 13.8. The van der Waals surface area contributed by atoms with Crippen molar-refractivity contribution in [3.05, 3.63) is 82.9 Å². The second-order valence-electron chi connectivity index (χ2n) is 6.48. The number of hydrogen-bond donors (Lipinski definition) is 0. The molecule has 1 nitrogen and oxygen atoms in total. The molecule has 0 spiro atoms. The summed E-state index contributed by atoms with van der Waals surface area (Å²) in [6.07, 6.45) is 3.36. The Morgan fingerprint density at radius 1 is 0.833 bits per heavy atom. The lowest BCUT2D eigenvalue weighted by atomic mass is 9.98. The average Bonchev–Trinajstić information content (AvgIpc) is 2.99. The van der Waals surface area contributed by atoms with Gasteiger partial charge in [-0.3, -0.25) is 0 Å². The van der Waals surface area contributed by atoms with Gasteiger partial charge in [-0.2, -0.15) is 5.26 Å². The number of nitrogens with zero attached hydrogens (tertiary/aromatic N) is 1. The first-order valence-electron chi connectivity index (χ1n) is 8.54. The Labute approximate surface area is 143 Å². The van der Waals surface area contributed by atoms with Crippen LogP contribution in [0.1, 0.15) is 35.6 Å². The third-order valence-electron chi connectivity index (χ3n) is 4.83. The minimum atomic E-state index is 0.704. The van der Waals surface area contributed by atoms with Gasteiger partial charge < -0.3 is 0 Å². The Balaban J connectivity index is 1.69. The van der Waals surface area contributed by atoms with Crippen molar-refractivity contribution in [3.8, 4) is 28.3 Å². The molecular formula is C23H19N. The van der Waals surface area contributed by atoms with E-state index < -0.39 is 0 Å². The molecule has 1 aliphatic carbocycles. The Hall–Kier alpha value is -2.85. The molecule has 3 aromatic rings. The SMILES string of the molecule is CCCc1ccc2c(c1)Cc1cc(-c3ccc(C#N)cc3)ccc1-2. The first-order valence-corrected chi connectivity index (χ1v) is 8.54. The Morgan fingerprint density at radius 2 is 1.50 bits per heavy atom. The van der Waals surface area contributed by atoms with E-state index in [1.54, 1.807) is 0 Å². The van der Waals surface area contributed by atoms with Gasteiger partial charge in [0.2, 0.25) is 0 Å². The fourth-order valence-corrected chi connectivity index (χ4v) is 3.62. The second kappa shape index (κ2) is 5.98. The summed E-state index contributed by atoms with van der Waals surface area (Å²) in [5.41, 5.74) is 10.1. The van der Waals surface area contributed by atoms with Crippen molar-refractivity contribution in [2.45, 2.75) is 26.2 Å². The molecule has 0 atom stereocenters. The van der Waals surface area contributed by atoms with E-state index in [0.29, 0.717) is 5.56 Å². The van der Waals surface area contributed by atoms with Crippen LogP contribution < -0.4 is 0 Å². The zero-order chi connectivity index (χ0) is 16.5. The highest BCUT2D eigenvalue weighted by atomic mass is 14.2. The molecule has 0 fully saturated rings. The van der Waals surface area contributed by atoms with Gasteiger partial charge in [0.25, 0.3) is 0 Å². The Bertz CT molecular complexity index is 943. The summed E-state index contributed by atoms with van der Waals surface area (Å²) in [5.74, 6) is 0. The Morgan fingerprint density at radius 3 is 2.21 bits per heavy atom. The van der Waals surface area contributed by atoms with Gasteiger partial charge in [-0.15, -0.1) is 0 Å². The molecule has 4 rings (SSSR count). The number of hydrogen-bond acceptors (Lipinski definition) is 1. The molecule has 0 heterocycles. The highest BCUT2D eigenvalue weighted by Crippen LogP contribution is 2.39. The van der Waals surface area contributed by atoms with Crippen LogP contribution in [-0.2, 0) is 12.8 Å². The predicted octanol–water partition coefficient (Wildman–Crippen LogP) is 5.75. The van der Waals surface area contributed by atoms with Gasteiger partial charge in [-0.25, -0.2) is 0 Å². The molecule has 0 radical (unpaired) electrons. The van der Waals surface area contributed by atoms with Crippen LogP contribution in [-0.4, -0.2) is 0 Å². The molecule has 116 valence electrons. The number of fused-ring (bicyclic) bond motifs is 3. The first-order chi connectivity index (χ1) is 11.8. The maximum Gasteiger partial charge on any atom is 0.0991 e. The quantitative estimate of drug-likeness (QED) is 0.473. The fraction of sp³-hybridized carbons (Fsp3) is 0.174. The number of aryl methyl sites for hydroxylation is 1. The van der Waals surface area contributed by atoms with Gasteiger partial charge in [0.1, 0.15) is 0 Å². The van der Waals surface area contributed by atoms with Crippen LogP contribution in [0.3, 0.4) is 0 Å². The van der Waals surface area contributed by atoms with Gasteiger partial charge in [0.15, 0.2) is 0 Å². The minimum absolute atomic E-state index is 0.704. The highest BCUT2D eigenvalue weighted by molar-refractivity contribution is 5.80. The van der Waals surface area contributed by atoms with E-state index in [9.17, 15) is 0 Å². The molecular weight excluding hydrogens is 290 g/mol. The summed E-state index contributed by atoms with van der Waals surface area (Å²) < 4.78 is 0. The summed E-state index contributed by atoms with van der Waals surface area (Å²) in [6, 6.07) is 23.7. The summed E-state index contributed by atoms with van der Waals surface area (Å²) in [4.78, 5) is 0. The van der Waals surface area contributed by atoms with E-state index >= 15 is 0 Å². The van der Waals surface area contributed by atoms with Crippen LogP contribution >= 0.6 is 0 Å². The van der Waals surface area contributed by atoms with Crippen molar-refractivity contribution in [1.82, 2.24) is 0 Å². The van der Waals surface area contributed by atoms with Gasteiger partial charge in [0, 0.05) is 0 Å². The van der Waals surface area contributed by atoms with Crippen molar-refractivity contribution in [3.63, 3.8) is 0 Å². The summed E-state index contributed by atoms with van der Waals surface area (Å²) in [5, 5.41) is 8.94.